The lowest BCUT2D eigenvalue weighted by Crippen LogP contribution is -2.25. The number of carbonyl (C=O) groups excluding carboxylic acids is 1. The Morgan fingerprint density at radius 3 is 2.41 bits per heavy atom. The van der Waals surface area contributed by atoms with Crippen molar-refractivity contribution in [3.63, 3.8) is 0 Å². The molecular formula is C24H19Cl2N5O. The summed E-state index contributed by atoms with van der Waals surface area (Å²) in [5.74, 6) is 0.544. The number of halogens is 2. The van der Waals surface area contributed by atoms with Crippen LogP contribution in [0.5, 0.6) is 0 Å². The van der Waals surface area contributed by atoms with Gasteiger partial charge in [-0.1, -0.05) is 59.6 Å². The second kappa shape index (κ2) is 8.04. The molecule has 0 spiro atoms. The van der Waals surface area contributed by atoms with Gasteiger partial charge in [-0.15, -0.1) is 0 Å². The molecule has 1 aliphatic heterocycles. The first-order valence-corrected chi connectivity index (χ1v) is 10.9. The van der Waals surface area contributed by atoms with Crippen LogP contribution in [-0.4, -0.2) is 25.7 Å². The van der Waals surface area contributed by atoms with Crippen LogP contribution in [0.1, 0.15) is 34.9 Å². The van der Waals surface area contributed by atoms with E-state index in [-0.39, 0.29) is 18.2 Å². The first-order valence-electron chi connectivity index (χ1n) is 10.2. The Morgan fingerprint density at radius 1 is 1.00 bits per heavy atom. The summed E-state index contributed by atoms with van der Waals surface area (Å²) in [6.45, 7) is 3.81. The van der Waals surface area contributed by atoms with Gasteiger partial charge in [-0.2, -0.15) is 9.78 Å². The van der Waals surface area contributed by atoms with Gasteiger partial charge in [0.15, 0.2) is 0 Å². The molecule has 5 rings (SSSR count). The summed E-state index contributed by atoms with van der Waals surface area (Å²) < 4.78 is 1.62. The van der Waals surface area contributed by atoms with Gasteiger partial charge in [0.05, 0.1) is 5.69 Å². The zero-order valence-corrected chi connectivity index (χ0v) is 18.9. The predicted octanol–water partition coefficient (Wildman–Crippen LogP) is 5.73. The maximum absolute atomic E-state index is 12.8. The molecule has 0 saturated heterocycles. The number of aryl methyl sites for hydroxylation is 2. The van der Waals surface area contributed by atoms with E-state index in [0.29, 0.717) is 21.8 Å². The fourth-order valence-corrected chi connectivity index (χ4v) is 4.70. The van der Waals surface area contributed by atoms with Crippen LogP contribution in [0.2, 0.25) is 10.0 Å². The van der Waals surface area contributed by atoms with E-state index in [1.165, 1.54) is 0 Å². The molecule has 8 heteroatoms. The highest BCUT2D eigenvalue weighted by atomic mass is 35.5. The molecular weight excluding hydrogens is 445 g/mol. The van der Waals surface area contributed by atoms with Crippen LogP contribution in [0.25, 0.3) is 17.2 Å². The third kappa shape index (κ3) is 3.66. The van der Waals surface area contributed by atoms with Crippen molar-refractivity contribution in [2.75, 3.05) is 5.32 Å². The summed E-state index contributed by atoms with van der Waals surface area (Å²) in [5, 5.41) is 8.93. The van der Waals surface area contributed by atoms with Crippen molar-refractivity contribution >= 4 is 34.9 Å². The molecule has 32 heavy (non-hydrogen) atoms. The van der Waals surface area contributed by atoms with E-state index in [0.717, 1.165) is 33.8 Å². The van der Waals surface area contributed by atoms with Gasteiger partial charge in [0.2, 0.25) is 5.91 Å². The average Bonchev–Trinajstić information content (AvgIpc) is 3.13. The zero-order valence-electron chi connectivity index (χ0n) is 17.4. The van der Waals surface area contributed by atoms with Crippen LogP contribution >= 0.6 is 23.2 Å². The molecule has 0 aliphatic carbocycles. The molecule has 6 nitrogen and oxygen atoms in total. The van der Waals surface area contributed by atoms with Gasteiger partial charge in [0, 0.05) is 44.9 Å². The standard InChI is InChI=1S/C24H19Cl2N5O/c1-13-10-14(2)28-24(27-13)31-23-21(22(30-31)15-6-4-3-5-7-15)18(12-20(32)29-23)17-9-8-16(25)11-19(17)26/h3-11,18H,12H2,1-2H3,(H,29,32). The first kappa shape index (κ1) is 20.7. The number of fused-ring (bicyclic) bond motifs is 1. The maximum atomic E-state index is 12.8. The van der Waals surface area contributed by atoms with Crippen molar-refractivity contribution < 1.29 is 4.79 Å². The van der Waals surface area contributed by atoms with E-state index in [4.69, 9.17) is 28.3 Å². The molecule has 1 atom stereocenters. The molecule has 1 N–H and O–H groups in total. The molecule has 0 fully saturated rings. The molecule has 0 bridgehead atoms. The molecule has 1 unspecified atom stereocenters. The Labute approximate surface area is 195 Å². The summed E-state index contributed by atoms with van der Waals surface area (Å²) in [7, 11) is 0. The minimum atomic E-state index is -0.293. The van der Waals surface area contributed by atoms with Gasteiger partial charge in [-0.25, -0.2) is 9.97 Å². The molecule has 4 aromatic rings. The number of anilines is 1. The number of nitrogens with one attached hydrogen (secondary N) is 1. The number of rotatable bonds is 3. The van der Waals surface area contributed by atoms with Gasteiger partial charge in [-0.3, -0.25) is 4.79 Å². The summed E-state index contributed by atoms with van der Waals surface area (Å²) in [6, 6.07) is 17.1. The lowest BCUT2D eigenvalue weighted by atomic mass is 9.84. The van der Waals surface area contributed by atoms with Crippen molar-refractivity contribution in [2.45, 2.75) is 26.2 Å². The third-order valence-electron chi connectivity index (χ3n) is 5.46. The van der Waals surface area contributed by atoms with Gasteiger partial charge in [0.1, 0.15) is 5.82 Å². The molecule has 0 radical (unpaired) electrons. The molecule has 3 heterocycles. The summed E-state index contributed by atoms with van der Waals surface area (Å²) >= 11 is 12.7. The molecule has 1 aliphatic rings. The second-order valence-corrected chi connectivity index (χ2v) is 8.65. The van der Waals surface area contributed by atoms with Gasteiger partial charge >= 0.3 is 0 Å². The average molecular weight is 464 g/mol. The largest absolute Gasteiger partial charge is 0.310 e. The van der Waals surface area contributed by atoms with E-state index in [2.05, 4.69) is 15.3 Å². The summed E-state index contributed by atoms with van der Waals surface area (Å²) in [6.07, 6.45) is 0.244. The van der Waals surface area contributed by atoms with Crippen LogP contribution in [-0.2, 0) is 4.79 Å². The van der Waals surface area contributed by atoms with Gasteiger partial charge in [-0.05, 0) is 37.6 Å². The van der Waals surface area contributed by atoms with E-state index >= 15 is 0 Å². The Morgan fingerprint density at radius 2 is 1.72 bits per heavy atom. The van der Waals surface area contributed by atoms with Crippen molar-refractivity contribution in [2.24, 2.45) is 0 Å². The SMILES string of the molecule is Cc1cc(C)nc(-n2nc(-c3ccccc3)c3c2NC(=O)CC3c2ccc(Cl)cc2Cl)n1. The third-order valence-corrected chi connectivity index (χ3v) is 6.03. The molecule has 2 aromatic carbocycles. The summed E-state index contributed by atoms with van der Waals surface area (Å²) in [4.78, 5) is 21.9. The number of hydrogen-bond donors (Lipinski definition) is 1. The van der Waals surface area contributed by atoms with Crippen LogP contribution in [0.3, 0.4) is 0 Å². The van der Waals surface area contributed by atoms with Crippen molar-refractivity contribution in [1.82, 2.24) is 19.7 Å². The number of amides is 1. The smallest absolute Gasteiger partial charge is 0.252 e. The van der Waals surface area contributed by atoms with Crippen molar-refractivity contribution in [3.8, 4) is 17.2 Å². The second-order valence-electron chi connectivity index (χ2n) is 7.81. The molecule has 0 saturated carbocycles. The molecule has 160 valence electrons. The number of benzene rings is 2. The minimum absolute atomic E-state index is 0.126. The fourth-order valence-electron chi connectivity index (χ4n) is 4.16. The predicted molar refractivity (Wildman–Crippen MR) is 126 cm³/mol. The molecule has 1 amide bonds. The van der Waals surface area contributed by atoms with Crippen LogP contribution in [0, 0.1) is 13.8 Å². The van der Waals surface area contributed by atoms with E-state index in [1.807, 2.05) is 56.3 Å². The fraction of sp³-hybridized carbons (Fsp3) is 0.167. The monoisotopic (exact) mass is 463 g/mol. The number of aromatic nitrogens is 4. The van der Waals surface area contributed by atoms with E-state index in [9.17, 15) is 4.79 Å². The maximum Gasteiger partial charge on any atom is 0.252 e. The highest BCUT2D eigenvalue weighted by Crippen LogP contribution is 2.45. The van der Waals surface area contributed by atoms with Gasteiger partial charge < -0.3 is 5.32 Å². The lowest BCUT2D eigenvalue weighted by Gasteiger charge is -2.25. The summed E-state index contributed by atoms with van der Waals surface area (Å²) in [5.41, 5.74) is 5.01. The number of nitrogens with zero attached hydrogens (tertiary/aromatic N) is 4. The molecule has 2 aromatic heterocycles. The number of carbonyl (C=O) groups is 1. The van der Waals surface area contributed by atoms with Crippen LogP contribution < -0.4 is 5.32 Å². The van der Waals surface area contributed by atoms with E-state index < -0.39 is 0 Å². The zero-order chi connectivity index (χ0) is 22.4. The normalized spacial score (nSPS) is 15.4. The Balaban J connectivity index is 1.80. The van der Waals surface area contributed by atoms with Crippen LogP contribution in [0.15, 0.2) is 54.6 Å². The minimum Gasteiger partial charge on any atom is -0.310 e. The first-order chi connectivity index (χ1) is 15.4. The quantitative estimate of drug-likeness (QED) is 0.421. The van der Waals surface area contributed by atoms with Gasteiger partial charge in [0.25, 0.3) is 5.95 Å². The highest BCUT2D eigenvalue weighted by Gasteiger charge is 2.35. The highest BCUT2D eigenvalue weighted by molar-refractivity contribution is 6.35. The Bertz CT molecular complexity index is 1330. The Hall–Kier alpha value is -3.22. The van der Waals surface area contributed by atoms with E-state index in [1.54, 1.807) is 16.8 Å². The lowest BCUT2D eigenvalue weighted by molar-refractivity contribution is -0.116. The van der Waals surface area contributed by atoms with Crippen LogP contribution in [0.4, 0.5) is 5.82 Å². The van der Waals surface area contributed by atoms with Crippen molar-refractivity contribution in [1.29, 1.82) is 0 Å². The Kier molecular flexibility index (Phi) is 5.19. The van der Waals surface area contributed by atoms with Crippen molar-refractivity contribution in [3.05, 3.63) is 87.2 Å². The topological polar surface area (TPSA) is 72.7 Å². The number of hydrogen-bond acceptors (Lipinski definition) is 4.